The molecule has 0 bridgehead atoms. The molecule has 1 fully saturated rings. The molecule has 1 aliphatic heterocycles. The highest BCUT2D eigenvalue weighted by Gasteiger charge is 2.29. The van der Waals surface area contributed by atoms with E-state index in [4.69, 9.17) is 9.84 Å². The molecule has 2 atom stereocenters. The van der Waals surface area contributed by atoms with Crippen LogP contribution < -0.4 is 0 Å². The summed E-state index contributed by atoms with van der Waals surface area (Å²) in [5, 5.41) is 8.92. The quantitative estimate of drug-likeness (QED) is 0.756. The van der Waals surface area contributed by atoms with Gasteiger partial charge in [-0.25, -0.2) is 4.79 Å². The van der Waals surface area contributed by atoms with Gasteiger partial charge in [-0.15, -0.1) is 0 Å². The SMILES string of the molecule is CCOC(C(=O)O)C1CCCSC1. The van der Waals surface area contributed by atoms with Crippen LogP contribution in [-0.2, 0) is 9.53 Å². The molecule has 1 N–H and O–H groups in total. The van der Waals surface area contributed by atoms with E-state index in [-0.39, 0.29) is 5.92 Å². The second kappa shape index (κ2) is 5.50. The van der Waals surface area contributed by atoms with Crippen molar-refractivity contribution in [3.05, 3.63) is 0 Å². The Balaban J connectivity index is 2.46. The van der Waals surface area contributed by atoms with E-state index >= 15 is 0 Å². The van der Waals surface area contributed by atoms with Crippen molar-refractivity contribution in [3.63, 3.8) is 0 Å². The van der Waals surface area contributed by atoms with Gasteiger partial charge in [-0.3, -0.25) is 0 Å². The molecule has 1 rings (SSSR count). The molecular formula is C9H16O3S. The molecule has 4 heteroatoms. The van der Waals surface area contributed by atoms with Crippen LogP contribution in [0.3, 0.4) is 0 Å². The first kappa shape index (κ1) is 10.9. The Kier molecular flexibility index (Phi) is 4.59. The first-order chi connectivity index (χ1) is 6.25. The Morgan fingerprint density at radius 3 is 3.00 bits per heavy atom. The molecule has 0 aromatic rings. The summed E-state index contributed by atoms with van der Waals surface area (Å²) in [6.45, 7) is 2.32. The largest absolute Gasteiger partial charge is 0.479 e. The van der Waals surface area contributed by atoms with Crippen LogP contribution in [0.5, 0.6) is 0 Å². The Morgan fingerprint density at radius 1 is 1.77 bits per heavy atom. The van der Waals surface area contributed by atoms with Crippen molar-refractivity contribution in [2.24, 2.45) is 5.92 Å². The van der Waals surface area contributed by atoms with Gasteiger partial charge in [0.05, 0.1) is 0 Å². The third kappa shape index (κ3) is 3.19. The summed E-state index contributed by atoms with van der Waals surface area (Å²) in [5.41, 5.74) is 0. The molecule has 0 amide bonds. The molecule has 2 unspecified atom stereocenters. The van der Waals surface area contributed by atoms with Gasteiger partial charge in [-0.1, -0.05) is 0 Å². The number of rotatable bonds is 4. The lowest BCUT2D eigenvalue weighted by Crippen LogP contribution is -2.35. The number of carboxylic acid groups (broad SMARTS) is 1. The molecule has 13 heavy (non-hydrogen) atoms. The van der Waals surface area contributed by atoms with E-state index in [1.807, 2.05) is 18.7 Å². The molecule has 0 aromatic heterocycles. The Hall–Kier alpha value is -0.220. The van der Waals surface area contributed by atoms with Crippen LogP contribution in [0.1, 0.15) is 19.8 Å². The highest BCUT2D eigenvalue weighted by Crippen LogP contribution is 2.26. The molecule has 0 saturated carbocycles. The number of aliphatic carboxylic acids is 1. The zero-order valence-corrected chi connectivity index (χ0v) is 8.68. The van der Waals surface area contributed by atoms with E-state index < -0.39 is 12.1 Å². The number of thioether (sulfide) groups is 1. The first-order valence-electron chi connectivity index (χ1n) is 4.68. The van der Waals surface area contributed by atoms with E-state index in [1.54, 1.807) is 0 Å². The molecule has 0 aromatic carbocycles. The average Bonchev–Trinajstić information content (AvgIpc) is 2.15. The average molecular weight is 204 g/mol. The third-order valence-electron chi connectivity index (χ3n) is 2.21. The Morgan fingerprint density at radius 2 is 2.54 bits per heavy atom. The number of hydrogen-bond acceptors (Lipinski definition) is 3. The van der Waals surface area contributed by atoms with Crippen LogP contribution in [0.4, 0.5) is 0 Å². The summed E-state index contributed by atoms with van der Waals surface area (Å²) in [6.07, 6.45) is 1.52. The fourth-order valence-corrected chi connectivity index (χ4v) is 2.77. The second-order valence-corrected chi connectivity index (χ2v) is 4.34. The minimum atomic E-state index is -0.811. The summed E-state index contributed by atoms with van der Waals surface area (Å²) in [6, 6.07) is 0. The van der Waals surface area contributed by atoms with E-state index in [0.717, 1.165) is 24.3 Å². The van der Waals surface area contributed by atoms with Crippen molar-refractivity contribution in [2.75, 3.05) is 18.1 Å². The van der Waals surface area contributed by atoms with Gasteiger partial charge in [0.15, 0.2) is 6.10 Å². The monoisotopic (exact) mass is 204 g/mol. The maximum absolute atomic E-state index is 10.9. The fraction of sp³-hybridized carbons (Fsp3) is 0.889. The maximum Gasteiger partial charge on any atom is 0.333 e. The van der Waals surface area contributed by atoms with Crippen LogP contribution in [0.25, 0.3) is 0 Å². The third-order valence-corrected chi connectivity index (χ3v) is 3.45. The minimum absolute atomic E-state index is 0.205. The Labute approximate surface area is 82.8 Å². The minimum Gasteiger partial charge on any atom is -0.479 e. The van der Waals surface area contributed by atoms with Crippen LogP contribution in [0, 0.1) is 5.92 Å². The topological polar surface area (TPSA) is 46.5 Å². The zero-order valence-electron chi connectivity index (χ0n) is 7.86. The van der Waals surface area contributed by atoms with Gasteiger partial charge < -0.3 is 9.84 Å². The smallest absolute Gasteiger partial charge is 0.333 e. The first-order valence-corrected chi connectivity index (χ1v) is 5.83. The fourth-order valence-electron chi connectivity index (χ4n) is 1.59. The lowest BCUT2D eigenvalue weighted by Gasteiger charge is -2.26. The van der Waals surface area contributed by atoms with E-state index in [1.165, 1.54) is 0 Å². The van der Waals surface area contributed by atoms with Crippen molar-refractivity contribution in [3.8, 4) is 0 Å². The highest BCUT2D eigenvalue weighted by atomic mass is 32.2. The molecular weight excluding hydrogens is 188 g/mol. The second-order valence-electron chi connectivity index (χ2n) is 3.19. The van der Waals surface area contributed by atoms with Crippen LogP contribution >= 0.6 is 11.8 Å². The van der Waals surface area contributed by atoms with Crippen LogP contribution in [0.2, 0.25) is 0 Å². The van der Waals surface area contributed by atoms with Gasteiger partial charge in [0.1, 0.15) is 0 Å². The molecule has 0 spiro atoms. The number of carboxylic acids is 1. The normalized spacial score (nSPS) is 25.5. The maximum atomic E-state index is 10.9. The zero-order chi connectivity index (χ0) is 9.68. The van der Waals surface area contributed by atoms with Gasteiger partial charge in [-0.2, -0.15) is 11.8 Å². The molecule has 76 valence electrons. The van der Waals surface area contributed by atoms with Gasteiger partial charge in [0, 0.05) is 12.5 Å². The Bertz CT molecular complexity index is 166. The van der Waals surface area contributed by atoms with Crippen molar-refractivity contribution in [1.82, 2.24) is 0 Å². The van der Waals surface area contributed by atoms with Crippen molar-refractivity contribution in [1.29, 1.82) is 0 Å². The highest BCUT2D eigenvalue weighted by molar-refractivity contribution is 7.99. The lowest BCUT2D eigenvalue weighted by molar-refractivity contribution is -0.153. The van der Waals surface area contributed by atoms with Gasteiger partial charge >= 0.3 is 5.97 Å². The van der Waals surface area contributed by atoms with Gasteiger partial charge in [0.25, 0.3) is 0 Å². The van der Waals surface area contributed by atoms with Crippen molar-refractivity contribution in [2.45, 2.75) is 25.9 Å². The van der Waals surface area contributed by atoms with Gasteiger partial charge in [0.2, 0.25) is 0 Å². The molecule has 3 nitrogen and oxygen atoms in total. The van der Waals surface area contributed by atoms with E-state index in [0.29, 0.717) is 6.61 Å². The number of ether oxygens (including phenoxy) is 1. The standard InChI is InChI=1S/C9H16O3S/c1-2-12-8(9(10)11)7-4-3-5-13-6-7/h7-8H,2-6H2,1H3,(H,10,11). The lowest BCUT2D eigenvalue weighted by atomic mass is 9.98. The summed E-state index contributed by atoms with van der Waals surface area (Å²) in [5.74, 6) is 1.48. The summed E-state index contributed by atoms with van der Waals surface area (Å²) in [7, 11) is 0. The predicted octanol–water partition coefficient (Wildman–Crippen LogP) is 1.62. The summed E-state index contributed by atoms with van der Waals surface area (Å²) in [4.78, 5) is 10.9. The van der Waals surface area contributed by atoms with E-state index in [9.17, 15) is 4.79 Å². The van der Waals surface area contributed by atoms with Gasteiger partial charge in [-0.05, 0) is 31.3 Å². The molecule has 1 saturated heterocycles. The van der Waals surface area contributed by atoms with Crippen molar-refractivity contribution < 1.29 is 14.6 Å². The molecule has 0 aliphatic carbocycles. The summed E-state index contributed by atoms with van der Waals surface area (Å²) >= 11 is 1.83. The number of hydrogen-bond donors (Lipinski definition) is 1. The van der Waals surface area contributed by atoms with Crippen LogP contribution in [-0.4, -0.2) is 35.3 Å². The molecule has 0 radical (unpaired) electrons. The predicted molar refractivity (Wildman–Crippen MR) is 53.1 cm³/mol. The van der Waals surface area contributed by atoms with Crippen LogP contribution in [0.15, 0.2) is 0 Å². The summed E-state index contributed by atoms with van der Waals surface area (Å²) < 4.78 is 5.23. The number of carbonyl (C=O) groups is 1. The molecule has 1 heterocycles. The molecule has 1 aliphatic rings. The van der Waals surface area contributed by atoms with Crippen molar-refractivity contribution >= 4 is 17.7 Å². The van der Waals surface area contributed by atoms with E-state index in [2.05, 4.69) is 0 Å².